The second-order valence-electron chi connectivity index (χ2n) is 6.41. The fourth-order valence-corrected chi connectivity index (χ4v) is 2.94. The maximum absolute atomic E-state index is 11.6. The fraction of sp³-hybridized carbons (Fsp3) is 0.300. The largest absolute Gasteiger partial charge is 0.490 e. The Labute approximate surface area is 152 Å². The number of hydrogen-bond acceptors (Lipinski definition) is 3. The summed E-state index contributed by atoms with van der Waals surface area (Å²) in [6, 6.07) is 13.9. The number of urea groups is 1. The van der Waals surface area contributed by atoms with Crippen molar-refractivity contribution >= 4 is 12.0 Å². The summed E-state index contributed by atoms with van der Waals surface area (Å²) in [5.41, 5.74) is 4.47. The van der Waals surface area contributed by atoms with Gasteiger partial charge in [-0.05, 0) is 41.3 Å². The third kappa shape index (κ3) is 4.53. The summed E-state index contributed by atoms with van der Waals surface area (Å²) in [4.78, 5) is 22.0. The van der Waals surface area contributed by atoms with Crippen LogP contribution in [0.15, 0.2) is 42.5 Å². The summed E-state index contributed by atoms with van der Waals surface area (Å²) in [6.07, 6.45) is 1.07. The molecule has 0 saturated heterocycles. The number of hydrogen-bond donors (Lipinski definition) is 3. The number of aliphatic carboxylic acids is 1. The number of carboxylic acids is 1. The van der Waals surface area contributed by atoms with Crippen molar-refractivity contribution in [1.29, 1.82) is 0 Å². The van der Waals surface area contributed by atoms with Gasteiger partial charge in [-0.25, -0.2) is 4.79 Å². The van der Waals surface area contributed by atoms with Gasteiger partial charge in [0, 0.05) is 19.5 Å². The molecule has 3 N–H and O–H groups in total. The number of rotatable bonds is 6. The standard InChI is InChI=1S/C20H22N2O4/c1-13-10-17-11-16(6-7-18(17)26-13)15-4-2-14(3-5-15)12-22-20(25)21-9-8-19(23)24/h2-7,11,13H,8-10,12H2,1H3,(H,23,24)(H2,21,22,25). The van der Waals surface area contributed by atoms with Crippen LogP contribution in [0.25, 0.3) is 11.1 Å². The topological polar surface area (TPSA) is 87.7 Å². The molecule has 0 radical (unpaired) electrons. The van der Waals surface area contributed by atoms with E-state index < -0.39 is 5.97 Å². The quantitative estimate of drug-likeness (QED) is 0.744. The van der Waals surface area contributed by atoms with Gasteiger partial charge < -0.3 is 20.5 Å². The Kier molecular flexibility index (Phi) is 5.41. The van der Waals surface area contributed by atoms with Gasteiger partial charge in [-0.3, -0.25) is 4.79 Å². The van der Waals surface area contributed by atoms with Crippen LogP contribution < -0.4 is 15.4 Å². The lowest BCUT2D eigenvalue weighted by Crippen LogP contribution is -2.36. The Balaban J connectivity index is 1.55. The Bertz CT molecular complexity index is 802. The van der Waals surface area contributed by atoms with Crippen LogP contribution in [-0.4, -0.2) is 29.8 Å². The van der Waals surface area contributed by atoms with Crippen LogP contribution >= 0.6 is 0 Å². The van der Waals surface area contributed by atoms with E-state index >= 15 is 0 Å². The first-order chi connectivity index (χ1) is 12.5. The number of ether oxygens (including phenoxy) is 1. The number of amides is 2. The first-order valence-electron chi connectivity index (χ1n) is 8.63. The minimum Gasteiger partial charge on any atom is -0.490 e. The zero-order chi connectivity index (χ0) is 18.5. The second-order valence-corrected chi connectivity index (χ2v) is 6.41. The summed E-state index contributed by atoms with van der Waals surface area (Å²) in [7, 11) is 0. The monoisotopic (exact) mass is 354 g/mol. The van der Waals surface area contributed by atoms with Crippen LogP contribution in [0.4, 0.5) is 4.79 Å². The van der Waals surface area contributed by atoms with Crippen molar-refractivity contribution in [2.75, 3.05) is 6.54 Å². The van der Waals surface area contributed by atoms with Gasteiger partial charge in [0.15, 0.2) is 0 Å². The molecule has 2 amide bonds. The van der Waals surface area contributed by atoms with Crippen molar-refractivity contribution in [3.63, 3.8) is 0 Å². The Morgan fingerprint density at radius 3 is 2.58 bits per heavy atom. The van der Waals surface area contributed by atoms with Gasteiger partial charge in [-0.15, -0.1) is 0 Å². The number of benzene rings is 2. The molecule has 0 fully saturated rings. The van der Waals surface area contributed by atoms with Gasteiger partial charge >= 0.3 is 12.0 Å². The number of carbonyl (C=O) groups is 2. The zero-order valence-electron chi connectivity index (χ0n) is 14.6. The Morgan fingerprint density at radius 1 is 1.12 bits per heavy atom. The predicted molar refractivity (Wildman–Crippen MR) is 98.2 cm³/mol. The first-order valence-corrected chi connectivity index (χ1v) is 8.63. The summed E-state index contributed by atoms with van der Waals surface area (Å²) < 4.78 is 5.73. The highest BCUT2D eigenvalue weighted by Gasteiger charge is 2.19. The van der Waals surface area contributed by atoms with Crippen LogP contribution in [0, 0.1) is 0 Å². The van der Waals surface area contributed by atoms with E-state index in [4.69, 9.17) is 9.84 Å². The highest BCUT2D eigenvalue weighted by atomic mass is 16.5. The lowest BCUT2D eigenvalue weighted by molar-refractivity contribution is -0.136. The van der Waals surface area contributed by atoms with Crippen molar-refractivity contribution in [1.82, 2.24) is 10.6 Å². The molecule has 1 heterocycles. The van der Waals surface area contributed by atoms with E-state index in [1.807, 2.05) is 30.3 Å². The van der Waals surface area contributed by atoms with Crippen molar-refractivity contribution in [2.45, 2.75) is 32.4 Å². The molecular weight excluding hydrogens is 332 g/mol. The molecule has 1 aliphatic heterocycles. The Hall–Kier alpha value is -3.02. The van der Waals surface area contributed by atoms with Crippen LogP contribution in [0.3, 0.4) is 0 Å². The molecule has 26 heavy (non-hydrogen) atoms. The molecule has 2 aromatic rings. The Morgan fingerprint density at radius 2 is 1.85 bits per heavy atom. The minimum absolute atomic E-state index is 0.0906. The number of carbonyl (C=O) groups excluding carboxylic acids is 1. The van der Waals surface area contributed by atoms with Gasteiger partial charge in [-0.1, -0.05) is 30.3 Å². The molecule has 0 bridgehead atoms. The molecule has 0 aromatic heterocycles. The lowest BCUT2D eigenvalue weighted by Gasteiger charge is -2.08. The molecular formula is C20H22N2O4. The number of carboxylic acid groups (broad SMARTS) is 1. The van der Waals surface area contributed by atoms with E-state index in [0.717, 1.165) is 28.9 Å². The molecule has 1 aliphatic rings. The minimum atomic E-state index is -0.937. The summed E-state index contributed by atoms with van der Waals surface area (Å²) in [5.74, 6) is 0.0319. The summed E-state index contributed by atoms with van der Waals surface area (Å²) >= 11 is 0. The van der Waals surface area contributed by atoms with E-state index in [1.165, 1.54) is 5.56 Å². The molecule has 0 saturated carbocycles. The molecule has 2 aromatic carbocycles. The van der Waals surface area contributed by atoms with Gasteiger partial charge in [0.05, 0.1) is 6.42 Å². The molecule has 6 heteroatoms. The maximum atomic E-state index is 11.6. The van der Waals surface area contributed by atoms with Crippen LogP contribution in [-0.2, 0) is 17.8 Å². The molecule has 0 spiro atoms. The van der Waals surface area contributed by atoms with E-state index in [2.05, 4.69) is 29.7 Å². The van der Waals surface area contributed by atoms with Gasteiger partial charge in [0.1, 0.15) is 11.9 Å². The van der Waals surface area contributed by atoms with Crippen molar-refractivity contribution in [3.05, 3.63) is 53.6 Å². The van der Waals surface area contributed by atoms with Gasteiger partial charge in [0.2, 0.25) is 0 Å². The number of fused-ring (bicyclic) bond motifs is 1. The van der Waals surface area contributed by atoms with Gasteiger partial charge in [0.25, 0.3) is 0 Å². The molecule has 1 atom stereocenters. The van der Waals surface area contributed by atoms with E-state index in [1.54, 1.807) is 0 Å². The first kappa shape index (κ1) is 17.8. The number of nitrogens with one attached hydrogen (secondary N) is 2. The summed E-state index contributed by atoms with van der Waals surface area (Å²) in [6.45, 7) is 2.56. The average molecular weight is 354 g/mol. The molecule has 3 rings (SSSR count). The zero-order valence-corrected chi connectivity index (χ0v) is 14.6. The highest BCUT2D eigenvalue weighted by Crippen LogP contribution is 2.32. The summed E-state index contributed by atoms with van der Waals surface area (Å²) in [5, 5.41) is 13.8. The smallest absolute Gasteiger partial charge is 0.315 e. The highest BCUT2D eigenvalue weighted by molar-refractivity contribution is 5.75. The van der Waals surface area contributed by atoms with E-state index in [9.17, 15) is 9.59 Å². The molecule has 136 valence electrons. The maximum Gasteiger partial charge on any atom is 0.315 e. The van der Waals surface area contributed by atoms with Crippen LogP contribution in [0.5, 0.6) is 5.75 Å². The normalized spacial score (nSPS) is 15.0. The van der Waals surface area contributed by atoms with Gasteiger partial charge in [-0.2, -0.15) is 0 Å². The molecule has 1 unspecified atom stereocenters. The van der Waals surface area contributed by atoms with Crippen LogP contribution in [0.1, 0.15) is 24.5 Å². The fourth-order valence-electron chi connectivity index (χ4n) is 2.94. The van der Waals surface area contributed by atoms with Crippen LogP contribution in [0.2, 0.25) is 0 Å². The van der Waals surface area contributed by atoms with E-state index in [0.29, 0.717) is 6.54 Å². The average Bonchev–Trinajstić information content (AvgIpc) is 2.99. The van der Waals surface area contributed by atoms with Crippen molar-refractivity contribution in [3.8, 4) is 16.9 Å². The van der Waals surface area contributed by atoms with Crippen molar-refractivity contribution < 1.29 is 19.4 Å². The lowest BCUT2D eigenvalue weighted by atomic mass is 10.00. The SMILES string of the molecule is CC1Cc2cc(-c3ccc(CNC(=O)NCCC(=O)O)cc3)ccc2O1. The second kappa shape index (κ2) is 7.91. The third-order valence-corrected chi connectivity index (χ3v) is 4.26. The predicted octanol–water partition coefficient (Wildman–Crippen LogP) is 2.95. The molecule has 0 aliphatic carbocycles. The molecule has 6 nitrogen and oxygen atoms in total. The van der Waals surface area contributed by atoms with Crippen molar-refractivity contribution in [2.24, 2.45) is 0 Å². The van der Waals surface area contributed by atoms with E-state index in [-0.39, 0.29) is 25.1 Å². The third-order valence-electron chi connectivity index (χ3n) is 4.26.